The van der Waals surface area contributed by atoms with Gasteiger partial charge in [0, 0.05) is 51.9 Å². The Morgan fingerprint density at radius 1 is 0.731 bits per heavy atom. The van der Waals surface area contributed by atoms with Crippen LogP contribution < -0.4 is 0 Å². The SMILES string of the molecule is CC1CN(CC(=O)O)CCN(CC(=O)O)CCN(CC(=O)O)CCN1C. The highest BCUT2D eigenvalue weighted by Gasteiger charge is 2.21. The quantitative estimate of drug-likeness (QED) is 0.505. The molecule has 1 rings (SSSR count). The molecule has 0 spiro atoms. The highest BCUT2D eigenvalue weighted by molar-refractivity contribution is 5.69. The van der Waals surface area contributed by atoms with Crippen molar-refractivity contribution >= 4 is 17.9 Å². The normalized spacial score (nSPS) is 23.1. The van der Waals surface area contributed by atoms with Crippen LogP contribution in [-0.2, 0) is 14.4 Å². The van der Waals surface area contributed by atoms with Crippen molar-refractivity contribution in [2.75, 3.05) is 72.5 Å². The minimum Gasteiger partial charge on any atom is -0.480 e. The fourth-order valence-corrected chi connectivity index (χ4v) is 2.95. The fraction of sp³-hybridized carbons (Fsp3) is 0.812. The first-order chi connectivity index (χ1) is 12.2. The second kappa shape index (κ2) is 11.1. The Kier molecular flexibility index (Phi) is 9.49. The second-order valence-corrected chi connectivity index (χ2v) is 6.80. The van der Waals surface area contributed by atoms with Gasteiger partial charge in [-0.1, -0.05) is 0 Å². The summed E-state index contributed by atoms with van der Waals surface area (Å²) in [6.07, 6.45) is 0. The molecule has 10 heteroatoms. The summed E-state index contributed by atoms with van der Waals surface area (Å²) in [5.41, 5.74) is 0. The lowest BCUT2D eigenvalue weighted by molar-refractivity contribution is -0.140. The zero-order valence-electron chi connectivity index (χ0n) is 15.5. The number of carbonyl (C=O) groups is 3. The van der Waals surface area contributed by atoms with Crippen molar-refractivity contribution < 1.29 is 29.7 Å². The van der Waals surface area contributed by atoms with E-state index in [0.717, 1.165) is 0 Å². The molecule has 26 heavy (non-hydrogen) atoms. The first-order valence-corrected chi connectivity index (χ1v) is 8.70. The Hall–Kier alpha value is -1.75. The van der Waals surface area contributed by atoms with Crippen LogP contribution in [0.15, 0.2) is 0 Å². The van der Waals surface area contributed by atoms with Crippen LogP contribution in [0.2, 0.25) is 0 Å². The molecule has 0 aromatic carbocycles. The summed E-state index contributed by atoms with van der Waals surface area (Å²) in [6, 6.07) is 0.0911. The molecule has 0 aromatic rings. The molecular weight excluding hydrogens is 344 g/mol. The Bertz CT molecular complexity index is 489. The average molecular weight is 374 g/mol. The summed E-state index contributed by atoms with van der Waals surface area (Å²) in [4.78, 5) is 40.7. The van der Waals surface area contributed by atoms with Crippen LogP contribution in [-0.4, -0.2) is 131 Å². The van der Waals surface area contributed by atoms with E-state index >= 15 is 0 Å². The van der Waals surface area contributed by atoms with Gasteiger partial charge in [0.2, 0.25) is 0 Å². The van der Waals surface area contributed by atoms with Crippen molar-refractivity contribution in [1.29, 1.82) is 0 Å². The number of hydrogen-bond acceptors (Lipinski definition) is 7. The minimum absolute atomic E-state index is 0.0890. The van der Waals surface area contributed by atoms with E-state index in [1.807, 2.05) is 18.9 Å². The molecule has 1 saturated heterocycles. The van der Waals surface area contributed by atoms with E-state index in [1.165, 1.54) is 0 Å². The van der Waals surface area contributed by atoms with Crippen molar-refractivity contribution in [3.63, 3.8) is 0 Å². The lowest BCUT2D eigenvalue weighted by atomic mass is 10.2. The molecule has 1 unspecified atom stereocenters. The van der Waals surface area contributed by atoms with Gasteiger partial charge < -0.3 is 20.2 Å². The maximum Gasteiger partial charge on any atom is 0.317 e. The molecule has 1 heterocycles. The third kappa shape index (κ3) is 9.09. The maximum absolute atomic E-state index is 11.1. The first kappa shape index (κ1) is 22.3. The number of hydrogen-bond donors (Lipinski definition) is 3. The van der Waals surface area contributed by atoms with E-state index in [4.69, 9.17) is 15.3 Å². The predicted octanol–water partition coefficient (Wildman–Crippen LogP) is -1.52. The molecule has 3 N–H and O–H groups in total. The number of rotatable bonds is 6. The van der Waals surface area contributed by atoms with Gasteiger partial charge in [-0.25, -0.2) is 0 Å². The van der Waals surface area contributed by atoms with E-state index < -0.39 is 17.9 Å². The number of nitrogens with zero attached hydrogens (tertiary/aromatic N) is 4. The van der Waals surface area contributed by atoms with E-state index in [-0.39, 0.29) is 25.7 Å². The zero-order valence-corrected chi connectivity index (χ0v) is 15.5. The number of carboxylic acid groups (broad SMARTS) is 3. The van der Waals surface area contributed by atoms with Crippen molar-refractivity contribution in [2.24, 2.45) is 0 Å². The molecule has 1 aliphatic heterocycles. The Labute approximate surface area is 153 Å². The van der Waals surface area contributed by atoms with Crippen LogP contribution in [0.25, 0.3) is 0 Å². The molecule has 0 saturated carbocycles. The van der Waals surface area contributed by atoms with E-state index in [1.54, 1.807) is 9.80 Å². The van der Waals surface area contributed by atoms with Gasteiger partial charge in [-0.15, -0.1) is 0 Å². The molecule has 1 fully saturated rings. The molecule has 0 aliphatic carbocycles. The maximum atomic E-state index is 11.1. The number of likely N-dealkylation sites (N-methyl/N-ethyl adjacent to an activating group) is 1. The third-order valence-corrected chi connectivity index (χ3v) is 4.59. The highest BCUT2D eigenvalue weighted by Crippen LogP contribution is 2.04. The zero-order chi connectivity index (χ0) is 19.7. The third-order valence-electron chi connectivity index (χ3n) is 4.59. The lowest BCUT2D eigenvalue weighted by Gasteiger charge is -2.34. The Morgan fingerprint density at radius 3 is 1.50 bits per heavy atom. The Morgan fingerprint density at radius 2 is 1.08 bits per heavy atom. The molecule has 0 bridgehead atoms. The van der Waals surface area contributed by atoms with Crippen LogP contribution >= 0.6 is 0 Å². The van der Waals surface area contributed by atoms with E-state index in [9.17, 15) is 14.4 Å². The van der Waals surface area contributed by atoms with Gasteiger partial charge >= 0.3 is 17.9 Å². The summed E-state index contributed by atoms with van der Waals surface area (Å²) in [5, 5.41) is 27.3. The molecule has 0 aromatic heterocycles. The largest absolute Gasteiger partial charge is 0.480 e. The summed E-state index contributed by atoms with van der Waals surface area (Å²) in [6.45, 7) is 5.12. The van der Waals surface area contributed by atoms with Crippen LogP contribution in [0.5, 0.6) is 0 Å². The van der Waals surface area contributed by atoms with Gasteiger partial charge in [-0.3, -0.25) is 29.1 Å². The van der Waals surface area contributed by atoms with Crippen molar-refractivity contribution in [1.82, 2.24) is 19.6 Å². The summed E-state index contributed by atoms with van der Waals surface area (Å²) < 4.78 is 0. The average Bonchev–Trinajstić information content (AvgIpc) is 2.51. The van der Waals surface area contributed by atoms with Gasteiger partial charge in [0.05, 0.1) is 19.6 Å². The molecule has 0 amide bonds. The predicted molar refractivity (Wildman–Crippen MR) is 94.3 cm³/mol. The molecule has 1 aliphatic rings. The van der Waals surface area contributed by atoms with Gasteiger partial charge in [-0.05, 0) is 14.0 Å². The fourth-order valence-electron chi connectivity index (χ4n) is 2.95. The lowest BCUT2D eigenvalue weighted by Crippen LogP contribution is -2.50. The van der Waals surface area contributed by atoms with Gasteiger partial charge in [0.25, 0.3) is 0 Å². The Balaban J connectivity index is 2.86. The topological polar surface area (TPSA) is 125 Å². The highest BCUT2D eigenvalue weighted by atomic mass is 16.4. The molecular formula is C16H30N4O6. The molecule has 10 nitrogen and oxygen atoms in total. The minimum atomic E-state index is -0.959. The molecule has 0 radical (unpaired) electrons. The molecule has 1 atom stereocenters. The van der Waals surface area contributed by atoms with Crippen LogP contribution in [0, 0.1) is 0 Å². The summed E-state index contributed by atoms with van der Waals surface area (Å²) >= 11 is 0. The smallest absolute Gasteiger partial charge is 0.317 e. The van der Waals surface area contributed by atoms with Crippen LogP contribution in [0.4, 0.5) is 0 Å². The van der Waals surface area contributed by atoms with Gasteiger partial charge in [0.1, 0.15) is 0 Å². The van der Waals surface area contributed by atoms with E-state index in [0.29, 0.717) is 45.8 Å². The van der Waals surface area contributed by atoms with Crippen molar-refractivity contribution in [3.8, 4) is 0 Å². The number of aliphatic carboxylic acids is 3. The van der Waals surface area contributed by atoms with Crippen molar-refractivity contribution in [2.45, 2.75) is 13.0 Å². The summed E-state index contributed by atoms with van der Waals surface area (Å²) in [5.74, 6) is -2.78. The van der Waals surface area contributed by atoms with Gasteiger partial charge in [-0.2, -0.15) is 0 Å². The first-order valence-electron chi connectivity index (χ1n) is 8.70. The van der Waals surface area contributed by atoms with E-state index in [2.05, 4.69) is 4.90 Å². The second-order valence-electron chi connectivity index (χ2n) is 6.80. The monoisotopic (exact) mass is 374 g/mol. The molecule has 150 valence electrons. The standard InChI is InChI=1S/C16H30N4O6/c1-13-9-20(12-16(25)26)8-7-19(11-15(23)24)6-5-18(10-14(21)22)4-3-17(13)2/h13H,3-12H2,1-2H3,(H,21,22)(H,23,24)(H,25,26). The van der Waals surface area contributed by atoms with Crippen LogP contribution in [0.1, 0.15) is 6.92 Å². The number of carboxylic acids is 3. The summed E-state index contributed by atoms with van der Waals surface area (Å²) in [7, 11) is 1.94. The van der Waals surface area contributed by atoms with Gasteiger partial charge in [0.15, 0.2) is 0 Å². The van der Waals surface area contributed by atoms with Crippen LogP contribution in [0.3, 0.4) is 0 Å². The van der Waals surface area contributed by atoms with Crippen molar-refractivity contribution in [3.05, 3.63) is 0 Å².